The van der Waals surface area contributed by atoms with E-state index in [0.717, 1.165) is 30.8 Å². The van der Waals surface area contributed by atoms with Crippen molar-refractivity contribution in [2.45, 2.75) is 75.8 Å². The van der Waals surface area contributed by atoms with Crippen LogP contribution in [0, 0.1) is 30.3 Å². The van der Waals surface area contributed by atoms with E-state index in [1.54, 1.807) is 6.20 Å². The quantitative estimate of drug-likeness (QED) is 0.261. The first-order valence-electron chi connectivity index (χ1n) is 21.5. The number of hydrogen-bond acceptors (Lipinski definition) is 11. The highest BCUT2D eigenvalue weighted by atomic mass is 19.1. The maximum atomic E-state index is 15.5. The largest absolute Gasteiger partial charge is 0.374 e. The van der Waals surface area contributed by atoms with Gasteiger partial charge in [0.1, 0.15) is 40.8 Å². The van der Waals surface area contributed by atoms with Gasteiger partial charge in [-0.2, -0.15) is 15.1 Å². The van der Waals surface area contributed by atoms with Gasteiger partial charge in [0, 0.05) is 69.0 Å². The summed E-state index contributed by atoms with van der Waals surface area (Å²) in [7, 11) is 0. The molecule has 1 N–H and O–H groups in total. The summed E-state index contributed by atoms with van der Waals surface area (Å²) in [5, 5.41) is 8.69. The van der Waals surface area contributed by atoms with Crippen LogP contribution >= 0.6 is 0 Å². The molecule has 8 bridgehead atoms. The van der Waals surface area contributed by atoms with Gasteiger partial charge in [0.2, 0.25) is 17.8 Å². The van der Waals surface area contributed by atoms with Crippen molar-refractivity contribution in [2.75, 3.05) is 54.4 Å². The van der Waals surface area contributed by atoms with E-state index in [4.69, 9.17) is 24.7 Å². The minimum Gasteiger partial charge on any atom is -0.374 e. The zero-order valence-electron chi connectivity index (χ0n) is 33.9. The number of imidazole rings is 1. The standard InChI is InChI=1S/C44H43F3N12O3/c1-23-49-35-14-26(46)12-31-34-4-2-5-38(51-34)50-27-15-37(43(61)54-10-3-11-62-30(21-54)22-56(23)39(31)35)57(18-27)40-32-17-48-59(36-9-8-25(45)13-33(36)47)41(32)53-44(52-40)58-28-16-29(58)20-55(19-28)42(60)24-6-7-24/h2,4-5,8-9,12-14,17,24,27-30,37H,3,6-7,10-11,15-16,18-22H2,1H3,(H,50,51)/t27?,28?,29?,30-,37+/m1/s1. The number of aryl methyl sites for hydroxylation is 1. The van der Waals surface area contributed by atoms with Gasteiger partial charge in [-0.05, 0) is 69.4 Å². The molecule has 5 atom stereocenters. The highest BCUT2D eigenvalue weighted by Crippen LogP contribution is 2.42. The van der Waals surface area contributed by atoms with Crippen molar-refractivity contribution in [1.29, 1.82) is 0 Å². The second-order valence-electron chi connectivity index (χ2n) is 17.6. The molecule has 0 radical (unpaired) electrons. The molecule has 1 saturated carbocycles. The number of nitrogens with one attached hydrogen (secondary N) is 1. The second-order valence-corrected chi connectivity index (χ2v) is 17.6. The first kappa shape index (κ1) is 37.5. The molecule has 3 unspecified atom stereocenters. The molecule has 0 spiro atoms. The predicted octanol–water partition coefficient (Wildman–Crippen LogP) is 4.84. The first-order chi connectivity index (χ1) is 30.1. The number of fused-ring (bicyclic) bond motifs is 10. The van der Waals surface area contributed by atoms with Crippen LogP contribution in [-0.4, -0.2) is 125 Å². The van der Waals surface area contributed by atoms with Crippen LogP contribution < -0.4 is 15.1 Å². The Labute approximate surface area is 353 Å². The number of hydrogen-bond donors (Lipinski definition) is 1. The van der Waals surface area contributed by atoms with E-state index in [1.165, 1.54) is 28.9 Å². The number of amides is 2. The number of ether oxygens (including phenoxy) is 1. The Morgan fingerprint density at radius 1 is 0.903 bits per heavy atom. The van der Waals surface area contributed by atoms with Crippen LogP contribution in [0.5, 0.6) is 0 Å². The Morgan fingerprint density at radius 2 is 1.76 bits per heavy atom. The van der Waals surface area contributed by atoms with E-state index in [1.807, 2.05) is 44.4 Å². The lowest BCUT2D eigenvalue weighted by Gasteiger charge is -2.56. The molecule has 1 aliphatic carbocycles. The number of rotatable bonds is 4. The SMILES string of the molecule is Cc1nc2cc(F)cc3c2n1C[C@H]1CN(CCCO1)C(=O)[C@@H]1CC(CN1c1nc(N2C4CC2CN(C(=O)C2CC2)C4)nc2c1cnn2-c1ccc(F)cc1F)Nc1cccc-3n1. The normalized spacial score (nSPS) is 24.8. The fourth-order valence-corrected chi connectivity index (χ4v) is 10.4. The Hall–Kier alpha value is -6.30. The Balaban J connectivity index is 0.978. The summed E-state index contributed by atoms with van der Waals surface area (Å²) >= 11 is 0. The molecule has 10 heterocycles. The van der Waals surface area contributed by atoms with Crippen LogP contribution in [0.2, 0.25) is 0 Å². The molecule has 13 rings (SSSR count). The van der Waals surface area contributed by atoms with Crippen molar-refractivity contribution in [3.63, 3.8) is 0 Å². The number of benzene rings is 2. The van der Waals surface area contributed by atoms with Gasteiger partial charge >= 0.3 is 0 Å². The fraction of sp³-hybridized carbons (Fsp3) is 0.432. The zero-order chi connectivity index (χ0) is 42.0. The van der Waals surface area contributed by atoms with Crippen LogP contribution in [0.15, 0.2) is 54.7 Å². The number of anilines is 3. The number of carbonyl (C=O) groups excluding carboxylic acids is 2. The number of piperidine rings is 1. The van der Waals surface area contributed by atoms with E-state index >= 15 is 13.6 Å². The van der Waals surface area contributed by atoms with Gasteiger partial charge in [0.15, 0.2) is 11.5 Å². The molecule has 6 aliphatic heterocycles. The van der Waals surface area contributed by atoms with Crippen molar-refractivity contribution < 1.29 is 27.5 Å². The average Bonchev–Trinajstić information content (AvgIpc) is 3.87. The fourth-order valence-electron chi connectivity index (χ4n) is 10.4. The smallest absolute Gasteiger partial charge is 0.245 e. The molecule has 62 heavy (non-hydrogen) atoms. The van der Waals surface area contributed by atoms with E-state index in [-0.39, 0.29) is 47.6 Å². The summed E-state index contributed by atoms with van der Waals surface area (Å²) in [6.07, 6.45) is 4.96. The monoisotopic (exact) mass is 844 g/mol. The van der Waals surface area contributed by atoms with Crippen LogP contribution in [-0.2, 0) is 20.9 Å². The van der Waals surface area contributed by atoms with Crippen molar-refractivity contribution in [3.8, 4) is 16.9 Å². The van der Waals surface area contributed by atoms with Crippen molar-refractivity contribution in [2.24, 2.45) is 5.92 Å². The van der Waals surface area contributed by atoms with Gasteiger partial charge in [-0.15, -0.1) is 0 Å². The van der Waals surface area contributed by atoms with Crippen molar-refractivity contribution in [1.82, 2.24) is 44.1 Å². The van der Waals surface area contributed by atoms with E-state index in [2.05, 4.69) is 15.3 Å². The number of aromatic nitrogens is 7. The predicted molar refractivity (Wildman–Crippen MR) is 222 cm³/mol. The van der Waals surface area contributed by atoms with Gasteiger partial charge in [-0.25, -0.2) is 27.8 Å². The van der Waals surface area contributed by atoms with Crippen LogP contribution in [0.1, 0.15) is 37.9 Å². The van der Waals surface area contributed by atoms with Gasteiger partial charge < -0.3 is 34.2 Å². The molecule has 6 aromatic rings. The summed E-state index contributed by atoms with van der Waals surface area (Å²) in [6, 6.07) is 10.8. The lowest BCUT2D eigenvalue weighted by atomic mass is 9.87. The molecule has 318 valence electrons. The van der Waals surface area contributed by atoms with Crippen molar-refractivity contribution >= 4 is 51.5 Å². The third kappa shape index (κ3) is 6.15. The highest BCUT2D eigenvalue weighted by molar-refractivity contribution is 5.95. The number of pyridine rings is 1. The van der Waals surface area contributed by atoms with E-state index in [9.17, 15) is 9.18 Å². The van der Waals surface area contributed by atoms with Crippen LogP contribution in [0.25, 0.3) is 39.0 Å². The maximum absolute atomic E-state index is 15.5. The molecular weight excluding hydrogens is 802 g/mol. The minimum atomic E-state index is -0.803. The topological polar surface area (TPSA) is 143 Å². The van der Waals surface area contributed by atoms with Gasteiger partial charge in [0.25, 0.3) is 0 Å². The molecule has 18 heteroatoms. The number of carbonyl (C=O) groups is 2. The minimum absolute atomic E-state index is 0.0176. The lowest BCUT2D eigenvalue weighted by molar-refractivity contribution is -0.135. The van der Waals surface area contributed by atoms with Gasteiger partial charge in [0.05, 0.1) is 53.0 Å². The van der Waals surface area contributed by atoms with E-state index < -0.39 is 23.5 Å². The Morgan fingerprint density at radius 3 is 2.58 bits per heavy atom. The third-order valence-electron chi connectivity index (χ3n) is 13.5. The molecule has 5 saturated heterocycles. The molecule has 4 aromatic heterocycles. The third-order valence-corrected chi connectivity index (χ3v) is 13.5. The second kappa shape index (κ2) is 14.1. The summed E-state index contributed by atoms with van der Waals surface area (Å²) in [4.78, 5) is 56.3. The molecule has 2 aromatic carbocycles. The number of nitrogens with zero attached hydrogens (tertiary/aromatic N) is 11. The van der Waals surface area contributed by atoms with Gasteiger partial charge in [-0.3, -0.25) is 9.59 Å². The van der Waals surface area contributed by atoms with Crippen LogP contribution in [0.4, 0.5) is 30.8 Å². The molecule has 7 aliphatic rings. The maximum Gasteiger partial charge on any atom is 0.245 e. The molecule has 2 amide bonds. The van der Waals surface area contributed by atoms with Crippen LogP contribution in [0.3, 0.4) is 0 Å². The Kier molecular flexibility index (Phi) is 8.53. The average molecular weight is 845 g/mol. The molecule has 15 nitrogen and oxygen atoms in total. The summed E-state index contributed by atoms with van der Waals surface area (Å²) < 4.78 is 54.7. The lowest BCUT2D eigenvalue weighted by Crippen LogP contribution is -2.70. The first-order valence-corrected chi connectivity index (χ1v) is 21.5. The molecule has 6 fully saturated rings. The summed E-state index contributed by atoms with van der Waals surface area (Å²) in [6.45, 7) is 4.98. The Bertz CT molecular complexity index is 2820. The van der Waals surface area contributed by atoms with Crippen molar-refractivity contribution in [3.05, 3.63) is 78.0 Å². The highest BCUT2D eigenvalue weighted by Gasteiger charge is 2.50. The van der Waals surface area contributed by atoms with E-state index in [0.29, 0.717) is 110 Å². The summed E-state index contributed by atoms with van der Waals surface area (Å²) in [5.74, 6) is 0.402. The zero-order valence-corrected chi connectivity index (χ0v) is 33.9. The molecular formula is C44H43F3N12O3. The number of piperazine rings is 1. The number of halogens is 3. The summed E-state index contributed by atoms with van der Waals surface area (Å²) in [5.41, 5.74) is 2.77. The van der Waals surface area contributed by atoms with Gasteiger partial charge in [-0.1, -0.05) is 6.07 Å².